The average molecular weight is 319 g/mol. The van der Waals surface area contributed by atoms with Crippen LogP contribution in [-0.4, -0.2) is 36.3 Å². The topological polar surface area (TPSA) is 38.2 Å². The van der Waals surface area contributed by atoms with Crippen LogP contribution in [0.1, 0.15) is 18.2 Å². The smallest absolute Gasteiger partial charge is 0.161 e. The molecule has 3 rings (SSSR count). The zero-order valence-electron chi connectivity index (χ0n) is 13.3. The predicted molar refractivity (Wildman–Crippen MR) is 84.5 cm³/mol. The minimum Gasteiger partial charge on any atom is -0.378 e. The first-order valence-corrected chi connectivity index (χ1v) is 7.75. The van der Waals surface area contributed by atoms with Crippen molar-refractivity contribution < 1.29 is 13.5 Å². The zero-order chi connectivity index (χ0) is 16.4. The van der Waals surface area contributed by atoms with Crippen LogP contribution in [-0.2, 0) is 11.2 Å². The maximum absolute atomic E-state index is 13.5. The summed E-state index contributed by atoms with van der Waals surface area (Å²) in [6.45, 7) is 6.79. The molecule has 0 unspecified atom stereocenters. The summed E-state index contributed by atoms with van der Waals surface area (Å²) in [4.78, 5) is 11.2. The Labute approximate surface area is 134 Å². The van der Waals surface area contributed by atoms with Gasteiger partial charge in [-0.2, -0.15) is 0 Å². The maximum Gasteiger partial charge on any atom is 0.161 e. The molecular formula is C17H19F2N3O. The van der Waals surface area contributed by atoms with Gasteiger partial charge in [-0.3, -0.25) is 0 Å². The van der Waals surface area contributed by atoms with Gasteiger partial charge >= 0.3 is 0 Å². The molecule has 0 bridgehead atoms. The minimum atomic E-state index is -0.629. The second kappa shape index (κ2) is 6.58. The first-order valence-electron chi connectivity index (χ1n) is 7.75. The van der Waals surface area contributed by atoms with Crippen LogP contribution in [0.25, 0.3) is 11.4 Å². The van der Waals surface area contributed by atoms with Crippen molar-refractivity contribution in [3.8, 4) is 11.4 Å². The number of halogens is 2. The monoisotopic (exact) mass is 319 g/mol. The van der Waals surface area contributed by atoms with E-state index in [2.05, 4.69) is 14.9 Å². The van der Waals surface area contributed by atoms with Gasteiger partial charge in [-0.1, -0.05) is 6.92 Å². The van der Waals surface area contributed by atoms with Crippen LogP contribution in [0.5, 0.6) is 0 Å². The third-order valence-electron chi connectivity index (χ3n) is 3.99. The van der Waals surface area contributed by atoms with Crippen LogP contribution in [0.2, 0.25) is 0 Å². The first-order chi connectivity index (χ1) is 11.1. The van der Waals surface area contributed by atoms with Crippen molar-refractivity contribution in [2.45, 2.75) is 20.3 Å². The zero-order valence-corrected chi connectivity index (χ0v) is 13.3. The number of hydrogen-bond donors (Lipinski definition) is 0. The molecule has 1 saturated heterocycles. The second-order valence-electron chi connectivity index (χ2n) is 5.55. The third-order valence-corrected chi connectivity index (χ3v) is 3.99. The number of rotatable bonds is 3. The van der Waals surface area contributed by atoms with Crippen LogP contribution in [0.3, 0.4) is 0 Å². The molecule has 1 aromatic heterocycles. The number of aromatic nitrogens is 2. The Hall–Kier alpha value is -2.08. The Morgan fingerprint density at radius 1 is 1.09 bits per heavy atom. The molecule has 0 amide bonds. The van der Waals surface area contributed by atoms with E-state index in [-0.39, 0.29) is 0 Å². The summed E-state index contributed by atoms with van der Waals surface area (Å²) < 4.78 is 32.4. The molecule has 23 heavy (non-hydrogen) atoms. The van der Waals surface area contributed by atoms with Gasteiger partial charge < -0.3 is 9.64 Å². The van der Waals surface area contributed by atoms with Crippen molar-refractivity contribution in [2.75, 3.05) is 31.2 Å². The molecule has 6 heteroatoms. The van der Waals surface area contributed by atoms with Gasteiger partial charge in [-0.05, 0) is 25.5 Å². The normalized spacial score (nSPS) is 15.0. The van der Waals surface area contributed by atoms with E-state index in [0.29, 0.717) is 24.6 Å². The molecule has 1 aromatic carbocycles. The number of morpholine rings is 1. The van der Waals surface area contributed by atoms with Crippen LogP contribution < -0.4 is 4.90 Å². The molecule has 0 aliphatic carbocycles. The summed E-state index contributed by atoms with van der Waals surface area (Å²) in [5.74, 6) is -0.0857. The van der Waals surface area contributed by atoms with Crippen molar-refractivity contribution in [1.82, 2.24) is 9.97 Å². The lowest BCUT2D eigenvalue weighted by Gasteiger charge is -2.29. The van der Waals surface area contributed by atoms with Gasteiger partial charge in [0.15, 0.2) is 5.82 Å². The number of ether oxygens (including phenoxy) is 1. The van der Waals surface area contributed by atoms with E-state index >= 15 is 0 Å². The summed E-state index contributed by atoms with van der Waals surface area (Å²) in [5, 5.41) is 0. The van der Waals surface area contributed by atoms with E-state index in [9.17, 15) is 8.78 Å². The molecule has 0 radical (unpaired) electrons. The van der Waals surface area contributed by atoms with Gasteiger partial charge in [0.25, 0.3) is 0 Å². The van der Waals surface area contributed by atoms with Crippen molar-refractivity contribution in [2.24, 2.45) is 0 Å². The SMILES string of the molecule is CCc1nc(-c2cc(F)cc(F)c2)nc(N2CCOCC2)c1C. The lowest BCUT2D eigenvalue weighted by Crippen LogP contribution is -2.37. The molecule has 4 nitrogen and oxygen atoms in total. The summed E-state index contributed by atoms with van der Waals surface area (Å²) in [5.41, 5.74) is 2.25. The Kier molecular flexibility index (Phi) is 4.52. The van der Waals surface area contributed by atoms with Crippen LogP contribution >= 0.6 is 0 Å². The number of hydrogen-bond acceptors (Lipinski definition) is 4. The molecule has 1 aliphatic rings. The van der Waals surface area contributed by atoms with Crippen molar-refractivity contribution in [1.29, 1.82) is 0 Å². The number of aryl methyl sites for hydroxylation is 1. The fraction of sp³-hybridized carbons (Fsp3) is 0.412. The standard InChI is InChI=1S/C17H19F2N3O/c1-3-15-11(2)17(22-4-6-23-7-5-22)21-16(20-15)12-8-13(18)10-14(19)9-12/h8-10H,3-7H2,1-2H3. The molecule has 122 valence electrons. The molecular weight excluding hydrogens is 300 g/mol. The summed E-state index contributed by atoms with van der Waals surface area (Å²) in [7, 11) is 0. The Morgan fingerprint density at radius 2 is 1.74 bits per heavy atom. The molecule has 2 aromatic rings. The first kappa shape index (κ1) is 15.8. The highest BCUT2D eigenvalue weighted by atomic mass is 19.1. The molecule has 2 heterocycles. The van der Waals surface area contributed by atoms with Gasteiger partial charge in [0, 0.05) is 36.0 Å². The Morgan fingerprint density at radius 3 is 2.35 bits per heavy atom. The van der Waals surface area contributed by atoms with E-state index in [0.717, 1.165) is 42.7 Å². The summed E-state index contributed by atoms with van der Waals surface area (Å²) >= 11 is 0. The van der Waals surface area contributed by atoms with E-state index < -0.39 is 11.6 Å². The van der Waals surface area contributed by atoms with Crippen LogP contribution in [0.15, 0.2) is 18.2 Å². The molecule has 1 fully saturated rings. The highest BCUT2D eigenvalue weighted by molar-refractivity contribution is 5.60. The quantitative estimate of drug-likeness (QED) is 0.871. The van der Waals surface area contributed by atoms with E-state index in [1.54, 1.807) is 0 Å². The Balaban J connectivity index is 2.10. The fourth-order valence-corrected chi connectivity index (χ4v) is 2.79. The minimum absolute atomic E-state index is 0.353. The predicted octanol–water partition coefficient (Wildman–Crippen LogP) is 3.13. The van der Waals surface area contributed by atoms with Gasteiger partial charge in [0.05, 0.1) is 13.2 Å². The number of anilines is 1. The number of benzene rings is 1. The average Bonchev–Trinajstić information content (AvgIpc) is 2.55. The molecule has 0 spiro atoms. The van der Waals surface area contributed by atoms with Gasteiger partial charge in [-0.25, -0.2) is 18.7 Å². The molecule has 0 saturated carbocycles. The molecule has 0 N–H and O–H groups in total. The third kappa shape index (κ3) is 3.32. The Bertz CT molecular complexity index is 695. The second-order valence-corrected chi connectivity index (χ2v) is 5.55. The molecule has 1 aliphatic heterocycles. The molecule has 0 atom stereocenters. The van der Waals surface area contributed by atoms with Crippen molar-refractivity contribution in [3.05, 3.63) is 41.1 Å². The van der Waals surface area contributed by atoms with Crippen molar-refractivity contribution >= 4 is 5.82 Å². The van der Waals surface area contributed by atoms with E-state index in [1.165, 1.54) is 12.1 Å². The lowest BCUT2D eigenvalue weighted by molar-refractivity contribution is 0.122. The van der Waals surface area contributed by atoms with E-state index in [4.69, 9.17) is 4.74 Å². The van der Waals surface area contributed by atoms with Crippen LogP contribution in [0.4, 0.5) is 14.6 Å². The number of nitrogens with zero attached hydrogens (tertiary/aromatic N) is 3. The van der Waals surface area contributed by atoms with E-state index in [1.807, 2.05) is 13.8 Å². The summed E-state index contributed by atoms with van der Waals surface area (Å²) in [6.07, 6.45) is 0.733. The maximum atomic E-state index is 13.5. The van der Waals surface area contributed by atoms with Gasteiger partial charge in [0.1, 0.15) is 17.5 Å². The largest absolute Gasteiger partial charge is 0.378 e. The van der Waals surface area contributed by atoms with Gasteiger partial charge in [0.2, 0.25) is 0 Å². The lowest BCUT2D eigenvalue weighted by atomic mass is 10.1. The van der Waals surface area contributed by atoms with Crippen LogP contribution in [0, 0.1) is 18.6 Å². The van der Waals surface area contributed by atoms with Crippen molar-refractivity contribution in [3.63, 3.8) is 0 Å². The summed E-state index contributed by atoms with van der Waals surface area (Å²) in [6, 6.07) is 3.37. The highest BCUT2D eigenvalue weighted by Crippen LogP contribution is 2.26. The highest BCUT2D eigenvalue weighted by Gasteiger charge is 2.19. The fourth-order valence-electron chi connectivity index (χ4n) is 2.79. The van der Waals surface area contributed by atoms with Gasteiger partial charge in [-0.15, -0.1) is 0 Å².